The van der Waals surface area contributed by atoms with Crippen LogP contribution in [0.4, 0.5) is 5.69 Å². The number of ketones is 1. The Morgan fingerprint density at radius 3 is 2.45 bits per heavy atom. The lowest BCUT2D eigenvalue weighted by atomic mass is 9.83. The van der Waals surface area contributed by atoms with Crippen LogP contribution in [-0.2, 0) is 0 Å². The van der Waals surface area contributed by atoms with E-state index >= 15 is 0 Å². The Morgan fingerprint density at radius 1 is 0.977 bits per heavy atom. The molecule has 3 aromatic rings. The van der Waals surface area contributed by atoms with Crippen molar-refractivity contribution >= 4 is 61.8 Å². The van der Waals surface area contributed by atoms with Gasteiger partial charge in [0.2, 0.25) is 0 Å². The second-order valence-electron chi connectivity index (χ2n) is 13.3. The molecule has 226 valence electrons. The number of aryl methyl sites for hydroxylation is 1. The number of thiol groups is 1. The minimum Gasteiger partial charge on any atom is -0.456 e. The third kappa shape index (κ3) is 5.56. The summed E-state index contributed by atoms with van der Waals surface area (Å²) in [6.07, 6.45) is 4.49. The number of carbonyl (C=O) groups is 1. The van der Waals surface area contributed by atoms with Crippen molar-refractivity contribution in [1.82, 2.24) is 0 Å². The van der Waals surface area contributed by atoms with Crippen LogP contribution in [0.2, 0.25) is 0 Å². The Bertz CT molecular complexity index is 1980. The summed E-state index contributed by atoms with van der Waals surface area (Å²) in [5.41, 5.74) is 15.8. The van der Waals surface area contributed by atoms with E-state index in [4.69, 9.17) is 28.0 Å². The largest absolute Gasteiger partial charge is 0.456 e. The van der Waals surface area contributed by atoms with Crippen LogP contribution in [0.15, 0.2) is 59.6 Å². The van der Waals surface area contributed by atoms with Crippen molar-refractivity contribution in [3.05, 3.63) is 98.6 Å². The molecule has 0 saturated heterocycles. The summed E-state index contributed by atoms with van der Waals surface area (Å²) in [5.74, 6) is 2.95. The smallest absolute Gasteiger partial charge is 0.165 e. The predicted molar refractivity (Wildman–Crippen MR) is 192 cm³/mol. The Labute approximate surface area is 273 Å². The van der Waals surface area contributed by atoms with Crippen LogP contribution in [0.3, 0.4) is 0 Å². The molecule has 6 rings (SSSR count). The van der Waals surface area contributed by atoms with Gasteiger partial charge >= 0.3 is 0 Å². The standard InChI is InChI=1S/C37H38N2O2S3/c1-20(2)35(40)22-10-9-21(3)25(11-22)34-28-12-26-23(18-42)16-36(4,5)38-30(26)14-32(28)41-33-15-31-27(13-29(33)34)24(19-44-43-8)17-37(6,7)39-31/h8-17,20,39,42H,18-19H2,1-7H3. The van der Waals surface area contributed by atoms with Crippen molar-refractivity contribution in [3.8, 4) is 17.2 Å². The number of carbonyl (C=O) groups excluding carboxylic acids is 1. The zero-order valence-corrected chi connectivity index (χ0v) is 28.8. The molecule has 3 aliphatic rings. The van der Waals surface area contributed by atoms with Crippen LogP contribution in [-0.4, -0.2) is 28.4 Å². The van der Waals surface area contributed by atoms with E-state index in [1.807, 2.05) is 19.9 Å². The summed E-state index contributed by atoms with van der Waals surface area (Å²) in [4.78, 5) is 18.3. The van der Waals surface area contributed by atoms with Crippen molar-refractivity contribution < 1.29 is 9.53 Å². The normalized spacial score (nSPS) is 17.0. The first-order valence-electron chi connectivity index (χ1n) is 14.9. The van der Waals surface area contributed by atoms with Crippen LogP contribution in [0.5, 0.6) is 11.5 Å². The van der Waals surface area contributed by atoms with Crippen molar-refractivity contribution in [2.24, 2.45) is 10.9 Å². The molecule has 0 aromatic heterocycles. The summed E-state index contributed by atoms with van der Waals surface area (Å²) in [6.45, 7) is 14.6. The number of hydrogen-bond donors (Lipinski definition) is 2. The molecule has 0 amide bonds. The Kier molecular flexibility index (Phi) is 7.90. The topological polar surface area (TPSA) is 50.7 Å². The predicted octanol–water partition coefficient (Wildman–Crippen LogP) is 8.47. The number of ether oxygens (including phenoxy) is 1. The van der Waals surface area contributed by atoms with E-state index in [0.29, 0.717) is 11.3 Å². The second kappa shape index (κ2) is 11.3. The summed E-state index contributed by atoms with van der Waals surface area (Å²) in [6, 6.07) is 14.7. The molecule has 44 heavy (non-hydrogen) atoms. The molecule has 0 aliphatic carbocycles. The van der Waals surface area contributed by atoms with E-state index in [-0.39, 0.29) is 22.8 Å². The van der Waals surface area contributed by atoms with E-state index in [0.717, 1.165) is 72.5 Å². The molecule has 0 unspecified atom stereocenters. The highest BCUT2D eigenvalue weighted by molar-refractivity contribution is 8.71. The third-order valence-electron chi connectivity index (χ3n) is 8.36. The number of anilines is 1. The van der Waals surface area contributed by atoms with Gasteiger partial charge in [-0.2, -0.15) is 12.6 Å². The van der Waals surface area contributed by atoms with Gasteiger partial charge in [0.05, 0.1) is 16.4 Å². The number of rotatable bonds is 6. The number of Topliss-reactive ketones (excluding diaryl/α,β-unsaturated/α-hetero) is 1. The molecule has 0 fully saturated rings. The van der Waals surface area contributed by atoms with E-state index in [9.17, 15) is 4.79 Å². The number of benzene rings is 3. The molecule has 3 aliphatic heterocycles. The maximum atomic E-state index is 13.2. The van der Waals surface area contributed by atoms with Crippen LogP contribution in [0.1, 0.15) is 79.7 Å². The minimum atomic E-state index is -0.336. The summed E-state index contributed by atoms with van der Waals surface area (Å²) < 4.78 is 6.76. The van der Waals surface area contributed by atoms with Gasteiger partial charge in [0.25, 0.3) is 0 Å². The van der Waals surface area contributed by atoms with Gasteiger partial charge in [0.15, 0.2) is 5.78 Å². The molecule has 1 N–H and O–H groups in total. The fourth-order valence-electron chi connectivity index (χ4n) is 6.45. The molecule has 0 atom stereocenters. The summed E-state index contributed by atoms with van der Waals surface area (Å²) in [7, 11) is 2.91. The van der Waals surface area contributed by atoms with Gasteiger partial charge in [-0.1, -0.05) is 64.8 Å². The van der Waals surface area contributed by atoms with Crippen molar-refractivity contribution in [2.45, 2.75) is 59.5 Å². The number of fused-ring (bicyclic) bond motifs is 4. The Hall–Kier alpha value is -3.22. The third-order valence-corrected chi connectivity index (χ3v) is 10.0. The maximum absolute atomic E-state index is 13.2. The fourth-order valence-corrected chi connectivity index (χ4v) is 7.73. The molecule has 7 heteroatoms. The fraction of sp³-hybridized carbons (Fsp3) is 0.324. The van der Waals surface area contributed by atoms with Gasteiger partial charge < -0.3 is 10.1 Å². The summed E-state index contributed by atoms with van der Waals surface area (Å²) in [5, 5.41) is 5.59. The lowest BCUT2D eigenvalue weighted by molar-refractivity contribution is 0.0939. The first kappa shape index (κ1) is 30.8. The van der Waals surface area contributed by atoms with Gasteiger partial charge in [-0.3, -0.25) is 9.79 Å². The molecular weight excluding hydrogens is 601 g/mol. The molecule has 0 radical (unpaired) electrons. The number of nitrogens with zero attached hydrogens (tertiary/aromatic N) is 1. The van der Waals surface area contributed by atoms with Crippen LogP contribution in [0, 0.1) is 18.5 Å². The van der Waals surface area contributed by atoms with E-state index in [1.165, 1.54) is 15.8 Å². The monoisotopic (exact) mass is 638 g/mol. The van der Waals surface area contributed by atoms with Crippen LogP contribution < -0.4 is 20.6 Å². The highest BCUT2D eigenvalue weighted by Gasteiger charge is 2.31. The summed E-state index contributed by atoms with van der Waals surface area (Å²) >= 11 is 4.70. The van der Waals surface area contributed by atoms with Gasteiger partial charge in [-0.25, -0.2) is 0 Å². The SMILES string of the molecule is C#SSCC1=CC(C)(C)Nc2cc3c(cc21)C(c1cc(C(=O)C(C)C)ccc1C)=c1cc2c(cc1O3)=NC(C)(C)C=C2CS. The second-order valence-corrected chi connectivity index (χ2v) is 15.6. The van der Waals surface area contributed by atoms with Crippen LogP contribution in [0.25, 0.3) is 16.7 Å². The van der Waals surface area contributed by atoms with Crippen LogP contribution >= 0.6 is 33.6 Å². The van der Waals surface area contributed by atoms with Gasteiger partial charge in [-0.15, -0.1) is 0 Å². The molecule has 4 nitrogen and oxygen atoms in total. The molecule has 0 bridgehead atoms. The van der Waals surface area contributed by atoms with Gasteiger partial charge in [0, 0.05) is 68.3 Å². The van der Waals surface area contributed by atoms with E-state index in [1.54, 1.807) is 10.8 Å². The highest BCUT2D eigenvalue weighted by Crippen LogP contribution is 2.45. The molecule has 0 saturated carbocycles. The average molecular weight is 639 g/mol. The first-order chi connectivity index (χ1) is 20.8. The molecule has 3 heterocycles. The Balaban J connectivity index is 1.70. The van der Waals surface area contributed by atoms with E-state index in [2.05, 4.69) is 88.5 Å². The average Bonchev–Trinajstić information content (AvgIpc) is 2.95. The molecule has 3 aromatic carbocycles. The zero-order valence-electron chi connectivity index (χ0n) is 26.3. The van der Waals surface area contributed by atoms with Crippen molar-refractivity contribution in [3.63, 3.8) is 0 Å². The number of hydrogen-bond acceptors (Lipinski definition) is 6. The molecule has 0 spiro atoms. The Morgan fingerprint density at radius 2 is 1.75 bits per heavy atom. The first-order valence-corrected chi connectivity index (χ1v) is 17.9. The van der Waals surface area contributed by atoms with Crippen molar-refractivity contribution in [1.29, 1.82) is 0 Å². The van der Waals surface area contributed by atoms with Gasteiger partial charge in [0.1, 0.15) is 11.5 Å². The minimum absolute atomic E-state index is 0.100. The maximum Gasteiger partial charge on any atom is 0.165 e. The van der Waals surface area contributed by atoms with Crippen molar-refractivity contribution in [2.75, 3.05) is 16.8 Å². The molecular formula is C37H38N2O2S3. The van der Waals surface area contributed by atoms with E-state index < -0.39 is 0 Å². The zero-order chi connectivity index (χ0) is 31.6. The van der Waals surface area contributed by atoms with Gasteiger partial charge in [-0.05, 0) is 75.1 Å². The quantitative estimate of drug-likeness (QED) is 0.126. The number of nitrogens with one attached hydrogen (secondary N) is 1. The highest BCUT2D eigenvalue weighted by atomic mass is 33.1. The lowest BCUT2D eigenvalue weighted by Gasteiger charge is -2.34. The lowest BCUT2D eigenvalue weighted by Crippen LogP contribution is -2.32.